The molecule has 3 rings (SSSR count). The van der Waals surface area contributed by atoms with Crippen LogP contribution in [0.4, 0.5) is 0 Å². The summed E-state index contributed by atoms with van der Waals surface area (Å²) in [5, 5.41) is 17.3. The Kier molecular flexibility index (Phi) is 5.45. The molecule has 0 atom stereocenters. The summed E-state index contributed by atoms with van der Waals surface area (Å²) in [5.74, 6) is -0.921. The third-order valence-corrected chi connectivity index (χ3v) is 4.86. The molecule has 6 nitrogen and oxygen atoms in total. The van der Waals surface area contributed by atoms with Crippen LogP contribution in [-0.4, -0.2) is 32.7 Å². The van der Waals surface area contributed by atoms with Crippen molar-refractivity contribution in [3.05, 3.63) is 57.6 Å². The minimum absolute atomic E-state index is 0.281. The molecule has 0 aliphatic carbocycles. The highest BCUT2D eigenvalue weighted by atomic mass is 79.9. The number of aromatic carboxylic acids is 1. The Morgan fingerprint density at radius 3 is 2.72 bits per heavy atom. The summed E-state index contributed by atoms with van der Waals surface area (Å²) in [4.78, 5) is 10.8. The molecule has 3 aromatic rings. The van der Waals surface area contributed by atoms with Crippen LogP contribution in [0.2, 0.25) is 0 Å². The second kappa shape index (κ2) is 7.76. The second-order valence-electron chi connectivity index (χ2n) is 5.76. The lowest BCUT2D eigenvalue weighted by molar-refractivity contribution is 0.0696. The number of fused-ring (bicyclic) bond motifs is 1. The zero-order valence-corrected chi connectivity index (χ0v) is 15.4. The van der Waals surface area contributed by atoms with Crippen molar-refractivity contribution >= 4 is 32.9 Å². The molecule has 0 radical (unpaired) electrons. The van der Waals surface area contributed by atoms with E-state index in [1.54, 1.807) is 24.3 Å². The average Bonchev–Trinajstić information content (AvgIpc) is 3.02. The van der Waals surface area contributed by atoms with Gasteiger partial charge in [0, 0.05) is 17.6 Å². The van der Waals surface area contributed by atoms with Crippen LogP contribution in [0.3, 0.4) is 0 Å². The monoisotopic (exact) mass is 403 g/mol. The van der Waals surface area contributed by atoms with Gasteiger partial charge in [-0.2, -0.15) is 0 Å². The third-order valence-electron chi connectivity index (χ3n) is 4.00. The van der Waals surface area contributed by atoms with Gasteiger partial charge in [-0.15, -0.1) is 5.10 Å². The van der Waals surface area contributed by atoms with E-state index in [9.17, 15) is 4.79 Å². The quantitative estimate of drug-likeness (QED) is 0.606. The number of aryl methyl sites for hydroxylation is 2. The molecule has 130 valence electrons. The molecule has 0 saturated heterocycles. The highest BCUT2D eigenvalue weighted by Crippen LogP contribution is 2.23. The Bertz CT molecular complexity index is 890. The Hall–Kier alpha value is -2.25. The van der Waals surface area contributed by atoms with Crippen LogP contribution in [0, 0.1) is 6.92 Å². The summed E-state index contributed by atoms with van der Waals surface area (Å²) in [5.41, 5.74) is 4.25. The number of carboxylic acid groups (broad SMARTS) is 1. The normalized spacial score (nSPS) is 11.1. The summed E-state index contributed by atoms with van der Waals surface area (Å²) in [6, 6.07) is 10.7. The molecule has 0 unspecified atom stereocenters. The Morgan fingerprint density at radius 2 is 2.00 bits per heavy atom. The van der Waals surface area contributed by atoms with Gasteiger partial charge in [-0.25, -0.2) is 9.48 Å². The first-order chi connectivity index (χ1) is 12.1. The van der Waals surface area contributed by atoms with Crippen LogP contribution in [0.25, 0.3) is 11.0 Å². The summed E-state index contributed by atoms with van der Waals surface area (Å²) in [6.07, 6.45) is 0.820. The minimum Gasteiger partial charge on any atom is -0.478 e. The van der Waals surface area contributed by atoms with Gasteiger partial charge in [0.15, 0.2) is 0 Å². The zero-order chi connectivity index (χ0) is 17.8. The molecule has 2 aromatic carbocycles. The lowest BCUT2D eigenvalue weighted by Gasteiger charge is -2.06. The molecule has 0 bridgehead atoms. The third kappa shape index (κ3) is 4.05. The van der Waals surface area contributed by atoms with Crippen LogP contribution in [0.1, 0.15) is 27.9 Å². The molecule has 25 heavy (non-hydrogen) atoms. The summed E-state index contributed by atoms with van der Waals surface area (Å²) in [7, 11) is 0. The van der Waals surface area contributed by atoms with Crippen molar-refractivity contribution in [2.45, 2.75) is 26.5 Å². The van der Waals surface area contributed by atoms with E-state index < -0.39 is 5.97 Å². The first-order valence-corrected chi connectivity index (χ1v) is 8.74. The maximum atomic E-state index is 10.8. The van der Waals surface area contributed by atoms with Gasteiger partial charge in [-0.3, -0.25) is 0 Å². The topological polar surface area (TPSA) is 77.2 Å². The largest absolute Gasteiger partial charge is 0.478 e. The molecule has 1 N–H and O–H groups in total. The lowest BCUT2D eigenvalue weighted by atomic mass is 10.1. The highest BCUT2D eigenvalue weighted by molar-refractivity contribution is 9.10. The Morgan fingerprint density at radius 1 is 1.24 bits per heavy atom. The van der Waals surface area contributed by atoms with Gasteiger partial charge in [-0.1, -0.05) is 33.3 Å². The number of ether oxygens (including phenoxy) is 1. The fraction of sp³-hybridized carbons (Fsp3) is 0.278. The number of rotatable bonds is 7. The smallest absolute Gasteiger partial charge is 0.335 e. The van der Waals surface area contributed by atoms with Crippen molar-refractivity contribution in [1.29, 1.82) is 0 Å². The fourth-order valence-electron chi connectivity index (χ4n) is 2.56. The predicted octanol–water partition coefficient (Wildman–Crippen LogP) is 3.81. The van der Waals surface area contributed by atoms with Crippen molar-refractivity contribution in [3.8, 4) is 0 Å². The summed E-state index contributed by atoms with van der Waals surface area (Å²) >= 11 is 3.50. The molecule has 0 spiro atoms. The van der Waals surface area contributed by atoms with Crippen molar-refractivity contribution in [3.63, 3.8) is 0 Å². The van der Waals surface area contributed by atoms with Crippen LogP contribution < -0.4 is 0 Å². The molecule has 1 aromatic heterocycles. The van der Waals surface area contributed by atoms with Crippen LogP contribution in [0.15, 0.2) is 40.9 Å². The van der Waals surface area contributed by atoms with Crippen molar-refractivity contribution in [1.82, 2.24) is 15.0 Å². The molecule has 1 heterocycles. The van der Waals surface area contributed by atoms with Gasteiger partial charge in [0.05, 0.1) is 17.7 Å². The average molecular weight is 404 g/mol. The van der Waals surface area contributed by atoms with Gasteiger partial charge in [0.1, 0.15) is 5.52 Å². The number of aromatic nitrogens is 3. The van der Waals surface area contributed by atoms with E-state index in [0.717, 1.165) is 39.6 Å². The lowest BCUT2D eigenvalue weighted by Crippen LogP contribution is -2.05. The van der Waals surface area contributed by atoms with Crippen LogP contribution >= 0.6 is 15.9 Å². The molecule has 0 fully saturated rings. The first-order valence-electron chi connectivity index (χ1n) is 7.94. The fourth-order valence-corrected chi connectivity index (χ4v) is 2.88. The van der Waals surface area contributed by atoms with Gasteiger partial charge in [-0.05, 0) is 48.7 Å². The number of nitrogens with zero attached hydrogens (tertiary/aromatic N) is 3. The van der Waals surface area contributed by atoms with E-state index in [1.807, 2.05) is 23.7 Å². The molecule has 0 aliphatic heterocycles. The molecular formula is C18H18BrN3O3. The molecular weight excluding hydrogens is 386 g/mol. The number of hydrogen-bond donors (Lipinski definition) is 1. The van der Waals surface area contributed by atoms with Crippen LogP contribution in [-0.2, 0) is 17.9 Å². The Balaban J connectivity index is 1.49. The Labute approximate surface area is 153 Å². The van der Waals surface area contributed by atoms with E-state index in [2.05, 4.69) is 26.2 Å². The maximum absolute atomic E-state index is 10.8. The van der Waals surface area contributed by atoms with Crippen LogP contribution in [0.5, 0.6) is 0 Å². The number of carbonyl (C=O) groups is 1. The standard InChI is InChI=1S/C18H18BrN3O3/c1-12-15(19)7-8-16-17(12)20-21-22(16)9-2-10-25-11-13-3-5-14(6-4-13)18(23)24/h3-8H,2,9-11H2,1H3,(H,23,24). The van der Waals surface area contributed by atoms with E-state index in [1.165, 1.54) is 0 Å². The van der Waals surface area contributed by atoms with E-state index >= 15 is 0 Å². The number of benzene rings is 2. The summed E-state index contributed by atoms with van der Waals surface area (Å²) < 4.78 is 8.58. The van der Waals surface area contributed by atoms with Gasteiger partial charge >= 0.3 is 5.97 Å². The van der Waals surface area contributed by atoms with E-state index in [0.29, 0.717) is 13.2 Å². The summed E-state index contributed by atoms with van der Waals surface area (Å²) in [6.45, 7) is 3.81. The molecule has 0 amide bonds. The molecule has 7 heteroatoms. The van der Waals surface area contributed by atoms with Crippen molar-refractivity contribution in [2.75, 3.05) is 6.61 Å². The van der Waals surface area contributed by atoms with E-state index in [4.69, 9.17) is 9.84 Å². The van der Waals surface area contributed by atoms with Crippen molar-refractivity contribution in [2.24, 2.45) is 0 Å². The van der Waals surface area contributed by atoms with Gasteiger partial charge in [0.2, 0.25) is 0 Å². The zero-order valence-electron chi connectivity index (χ0n) is 13.8. The minimum atomic E-state index is -0.921. The highest BCUT2D eigenvalue weighted by Gasteiger charge is 2.09. The van der Waals surface area contributed by atoms with Gasteiger partial charge in [0.25, 0.3) is 0 Å². The second-order valence-corrected chi connectivity index (χ2v) is 6.62. The number of carboxylic acids is 1. The van der Waals surface area contributed by atoms with Gasteiger partial charge < -0.3 is 9.84 Å². The maximum Gasteiger partial charge on any atom is 0.335 e. The number of halogens is 1. The molecule has 0 saturated carbocycles. The first kappa shape index (κ1) is 17.6. The molecule has 0 aliphatic rings. The predicted molar refractivity (Wildman–Crippen MR) is 97.6 cm³/mol. The SMILES string of the molecule is Cc1c(Br)ccc2c1nnn2CCCOCc1ccc(C(=O)O)cc1. The van der Waals surface area contributed by atoms with E-state index in [-0.39, 0.29) is 5.56 Å². The number of hydrogen-bond acceptors (Lipinski definition) is 4. The van der Waals surface area contributed by atoms with Crippen molar-refractivity contribution < 1.29 is 14.6 Å².